The lowest BCUT2D eigenvalue weighted by Gasteiger charge is -2.12. The molecule has 29 heavy (non-hydrogen) atoms. The average molecular weight is 410 g/mol. The average Bonchev–Trinajstić information content (AvgIpc) is 2.99. The van der Waals surface area contributed by atoms with Gasteiger partial charge in [-0.3, -0.25) is 14.9 Å². The summed E-state index contributed by atoms with van der Waals surface area (Å²) in [6.45, 7) is 1.66. The molecule has 0 saturated carbocycles. The van der Waals surface area contributed by atoms with Crippen LogP contribution in [0.5, 0.6) is 0 Å². The second kappa shape index (κ2) is 7.79. The number of nitro groups is 1. The first-order valence-electron chi connectivity index (χ1n) is 9.71. The van der Waals surface area contributed by atoms with Crippen molar-refractivity contribution in [3.63, 3.8) is 0 Å². The van der Waals surface area contributed by atoms with Crippen LogP contribution >= 0.6 is 11.3 Å². The van der Waals surface area contributed by atoms with Gasteiger partial charge in [0, 0.05) is 28.4 Å². The number of fused-ring (bicyclic) bond motifs is 2. The normalized spacial score (nSPS) is 14.1. The van der Waals surface area contributed by atoms with Gasteiger partial charge >= 0.3 is 0 Å². The minimum absolute atomic E-state index is 0.0337. The molecule has 0 saturated heterocycles. The van der Waals surface area contributed by atoms with Crippen LogP contribution in [-0.2, 0) is 12.8 Å². The van der Waals surface area contributed by atoms with Crippen LogP contribution in [0, 0.1) is 17.0 Å². The maximum Gasteiger partial charge on any atom is 0.274 e. The summed E-state index contributed by atoms with van der Waals surface area (Å²) in [5.74, 6) is -0.379. The molecule has 4 rings (SSSR count). The van der Waals surface area contributed by atoms with Crippen LogP contribution in [0.2, 0.25) is 0 Å². The van der Waals surface area contributed by atoms with Crippen LogP contribution in [0.25, 0.3) is 10.2 Å². The number of nitrogens with one attached hydrogen (secondary N) is 1. The Kier molecular flexibility index (Phi) is 5.19. The van der Waals surface area contributed by atoms with E-state index in [9.17, 15) is 14.9 Å². The SMILES string of the molecule is Cc1ccc(NC(=O)c2sc3nc4c(cc3c2N)CCCCCC4)cc1[N+](=O)[O-]. The number of aryl methyl sites for hydroxylation is 3. The number of pyridine rings is 1. The number of anilines is 2. The van der Waals surface area contributed by atoms with E-state index in [1.807, 2.05) is 0 Å². The Hall–Kier alpha value is -3.00. The third-order valence-corrected chi connectivity index (χ3v) is 6.48. The van der Waals surface area contributed by atoms with Crippen molar-refractivity contribution in [2.24, 2.45) is 0 Å². The third kappa shape index (κ3) is 3.80. The zero-order chi connectivity index (χ0) is 20.5. The van der Waals surface area contributed by atoms with E-state index in [1.165, 1.54) is 35.8 Å². The van der Waals surface area contributed by atoms with Crippen LogP contribution in [0.3, 0.4) is 0 Å². The van der Waals surface area contributed by atoms with E-state index < -0.39 is 4.92 Å². The number of hydrogen-bond donors (Lipinski definition) is 2. The first kappa shape index (κ1) is 19.3. The van der Waals surface area contributed by atoms with Crippen LogP contribution < -0.4 is 11.1 Å². The van der Waals surface area contributed by atoms with Gasteiger partial charge in [0.2, 0.25) is 0 Å². The fraction of sp³-hybridized carbons (Fsp3) is 0.333. The van der Waals surface area contributed by atoms with Gasteiger partial charge in [0.15, 0.2) is 0 Å². The fourth-order valence-electron chi connectivity index (χ4n) is 3.75. The lowest BCUT2D eigenvalue weighted by atomic mass is 9.96. The number of hydrogen-bond acceptors (Lipinski definition) is 6. The number of rotatable bonds is 3. The second-order valence-electron chi connectivity index (χ2n) is 7.42. The van der Waals surface area contributed by atoms with Crippen molar-refractivity contribution < 1.29 is 9.72 Å². The Morgan fingerprint density at radius 3 is 2.72 bits per heavy atom. The monoisotopic (exact) mass is 410 g/mol. The Labute approximate surface area is 172 Å². The van der Waals surface area contributed by atoms with Gasteiger partial charge in [0.25, 0.3) is 11.6 Å². The van der Waals surface area contributed by atoms with Crippen molar-refractivity contribution in [3.05, 3.63) is 56.1 Å². The van der Waals surface area contributed by atoms with Crippen LogP contribution in [0.15, 0.2) is 24.3 Å². The highest BCUT2D eigenvalue weighted by Gasteiger charge is 2.21. The van der Waals surface area contributed by atoms with Crippen molar-refractivity contribution in [1.82, 2.24) is 4.98 Å². The number of nitrogens with two attached hydrogens (primary N) is 1. The molecule has 3 aromatic rings. The number of nitrogens with zero attached hydrogens (tertiary/aromatic N) is 2. The molecule has 1 aromatic carbocycles. The zero-order valence-corrected chi connectivity index (χ0v) is 17.0. The Bertz CT molecular complexity index is 1120. The smallest absolute Gasteiger partial charge is 0.274 e. The van der Waals surface area contributed by atoms with E-state index in [4.69, 9.17) is 10.7 Å². The van der Waals surface area contributed by atoms with Gasteiger partial charge in [-0.2, -0.15) is 0 Å². The molecule has 3 N–H and O–H groups in total. The minimum Gasteiger partial charge on any atom is -0.397 e. The van der Waals surface area contributed by atoms with Gasteiger partial charge in [-0.05, 0) is 50.3 Å². The predicted molar refractivity (Wildman–Crippen MR) is 116 cm³/mol. The molecule has 8 heteroatoms. The molecule has 0 aliphatic heterocycles. The van der Waals surface area contributed by atoms with Gasteiger partial charge in [0.05, 0.1) is 10.6 Å². The highest BCUT2D eigenvalue weighted by atomic mass is 32.1. The molecule has 0 radical (unpaired) electrons. The number of carbonyl (C=O) groups is 1. The summed E-state index contributed by atoms with van der Waals surface area (Å²) in [5.41, 5.74) is 9.92. The standard InChI is InChI=1S/C21H22N4O3S/c1-12-8-9-14(11-17(12)25(27)28)23-20(26)19-18(22)15-10-13-6-4-2-3-5-7-16(13)24-21(15)29-19/h8-11H,2-7,22H2,1H3,(H,23,26). The number of benzene rings is 1. The number of amides is 1. The summed E-state index contributed by atoms with van der Waals surface area (Å²) in [6.07, 6.45) is 6.67. The second-order valence-corrected chi connectivity index (χ2v) is 8.42. The number of nitro benzene ring substituents is 1. The van der Waals surface area contributed by atoms with E-state index >= 15 is 0 Å². The van der Waals surface area contributed by atoms with Crippen molar-refractivity contribution >= 4 is 44.5 Å². The van der Waals surface area contributed by atoms with Crippen LogP contribution in [0.1, 0.15) is 52.2 Å². The molecule has 0 unspecified atom stereocenters. The molecule has 0 spiro atoms. The molecule has 1 aliphatic carbocycles. The van der Waals surface area contributed by atoms with E-state index in [-0.39, 0.29) is 11.6 Å². The molecule has 0 atom stereocenters. The summed E-state index contributed by atoms with van der Waals surface area (Å²) in [5, 5.41) is 14.7. The molecule has 150 valence electrons. The molecule has 0 bridgehead atoms. The molecule has 1 amide bonds. The van der Waals surface area contributed by atoms with Gasteiger partial charge in [-0.15, -0.1) is 11.3 Å². The molecule has 2 heterocycles. The predicted octanol–water partition coefficient (Wildman–Crippen LogP) is 5.01. The van der Waals surface area contributed by atoms with Gasteiger partial charge < -0.3 is 11.1 Å². The van der Waals surface area contributed by atoms with Crippen molar-refractivity contribution in [3.8, 4) is 0 Å². The molecular weight excluding hydrogens is 388 g/mol. The Balaban J connectivity index is 1.67. The summed E-state index contributed by atoms with van der Waals surface area (Å²) in [4.78, 5) is 29.5. The summed E-state index contributed by atoms with van der Waals surface area (Å²) in [6, 6.07) is 6.71. The molecule has 1 aliphatic rings. The van der Waals surface area contributed by atoms with Crippen molar-refractivity contribution in [2.75, 3.05) is 11.1 Å². The third-order valence-electron chi connectivity index (χ3n) is 5.37. The molecule has 0 fully saturated rings. The highest BCUT2D eigenvalue weighted by molar-refractivity contribution is 7.21. The van der Waals surface area contributed by atoms with E-state index in [1.54, 1.807) is 19.1 Å². The van der Waals surface area contributed by atoms with Crippen molar-refractivity contribution in [1.29, 1.82) is 0 Å². The van der Waals surface area contributed by atoms with Crippen LogP contribution in [0.4, 0.5) is 17.1 Å². The largest absolute Gasteiger partial charge is 0.397 e. The lowest BCUT2D eigenvalue weighted by Crippen LogP contribution is -2.12. The number of aromatic nitrogens is 1. The maximum absolute atomic E-state index is 12.8. The zero-order valence-electron chi connectivity index (χ0n) is 16.2. The molecule has 7 nitrogen and oxygen atoms in total. The Morgan fingerprint density at radius 2 is 1.97 bits per heavy atom. The quantitative estimate of drug-likeness (QED) is 0.466. The van der Waals surface area contributed by atoms with Crippen LogP contribution in [-0.4, -0.2) is 15.8 Å². The van der Waals surface area contributed by atoms with Crippen molar-refractivity contribution in [2.45, 2.75) is 45.4 Å². The van der Waals surface area contributed by atoms with Gasteiger partial charge in [-0.1, -0.05) is 18.9 Å². The fourth-order valence-corrected chi connectivity index (χ4v) is 4.75. The maximum atomic E-state index is 12.8. The van der Waals surface area contributed by atoms with E-state index in [0.717, 1.165) is 41.6 Å². The molecule has 2 aromatic heterocycles. The summed E-state index contributed by atoms with van der Waals surface area (Å²) < 4.78 is 0. The first-order valence-corrected chi connectivity index (χ1v) is 10.5. The first-order chi connectivity index (χ1) is 13.9. The number of thiophene rings is 1. The lowest BCUT2D eigenvalue weighted by molar-refractivity contribution is -0.385. The van der Waals surface area contributed by atoms with Gasteiger partial charge in [0.1, 0.15) is 9.71 Å². The van der Waals surface area contributed by atoms with E-state index in [2.05, 4.69) is 11.4 Å². The number of nitrogen functional groups attached to an aromatic ring is 1. The summed E-state index contributed by atoms with van der Waals surface area (Å²) >= 11 is 1.27. The minimum atomic E-state index is -0.460. The van der Waals surface area contributed by atoms with E-state index in [0.29, 0.717) is 21.8 Å². The highest BCUT2D eigenvalue weighted by Crippen LogP contribution is 2.35. The Morgan fingerprint density at radius 1 is 1.21 bits per heavy atom. The van der Waals surface area contributed by atoms with Gasteiger partial charge in [-0.25, -0.2) is 4.98 Å². The molecular formula is C21H22N4O3S. The topological polar surface area (TPSA) is 111 Å². The summed E-state index contributed by atoms with van der Waals surface area (Å²) in [7, 11) is 0. The number of carbonyl (C=O) groups excluding carboxylic acids is 1.